The fraction of sp³-hybridized carbons (Fsp3) is 0.200. The molecule has 2 heteroatoms. The molecule has 0 radical (unpaired) electrons. The molecule has 0 fully saturated rings. The van der Waals surface area contributed by atoms with Gasteiger partial charge in [-0.15, -0.1) is 0 Å². The van der Waals surface area contributed by atoms with Gasteiger partial charge in [0.05, 0.1) is 18.5 Å². The summed E-state index contributed by atoms with van der Waals surface area (Å²) >= 11 is 0. The van der Waals surface area contributed by atoms with Crippen LogP contribution >= 0.6 is 0 Å². The first-order valence-corrected chi connectivity index (χ1v) is 1.82. The van der Waals surface area contributed by atoms with E-state index in [9.17, 15) is 4.48 Å². The average Bonchev–Trinajstić information content (AvgIpc) is 1.69. The van der Waals surface area contributed by atoms with Gasteiger partial charge in [-0.25, -0.2) is 0 Å². The molecule has 1 rings (SSSR count). The Morgan fingerprint density at radius 1 is 1.29 bits per heavy atom. The molecule has 0 atom stereocenters. The molecule has 0 aromatic heterocycles. The minimum Gasteiger partial charge on any atom is -0.0905 e. The zero-order valence-corrected chi connectivity index (χ0v) is 3.53. The topological polar surface area (TPSA) is 3.24 Å². The van der Waals surface area contributed by atoms with E-state index in [-0.39, 0.29) is 5.12 Å². The van der Waals surface area contributed by atoms with E-state index in [0.717, 1.165) is 0 Å². The summed E-state index contributed by atoms with van der Waals surface area (Å²) < 4.78 is 11.7. The molecule has 1 aliphatic heterocycles. The van der Waals surface area contributed by atoms with Crippen molar-refractivity contribution in [2.24, 2.45) is 0 Å². The Morgan fingerprint density at radius 3 is 2.14 bits per heavy atom. The Morgan fingerprint density at radius 2 is 1.86 bits per heavy atom. The summed E-state index contributed by atoms with van der Waals surface area (Å²) in [5, 5.41) is 0.170. The van der Waals surface area contributed by atoms with E-state index in [2.05, 4.69) is 23.9 Å². The van der Waals surface area contributed by atoms with Crippen LogP contribution in [-0.4, -0.2) is 5.12 Å². The van der Waals surface area contributed by atoms with Gasteiger partial charge >= 0.3 is 0 Å². The van der Waals surface area contributed by atoms with Crippen molar-refractivity contribution in [2.75, 3.05) is 0 Å². The molecule has 0 aliphatic carbocycles. The SMILES string of the molecule is FN1C#CCC#C1. The second kappa shape index (κ2) is 1.53. The molecule has 34 valence electrons. The zero-order valence-electron chi connectivity index (χ0n) is 3.53. The van der Waals surface area contributed by atoms with Gasteiger partial charge in [0.25, 0.3) is 0 Å². The molecule has 0 saturated heterocycles. The molecule has 1 heterocycles. The van der Waals surface area contributed by atoms with E-state index >= 15 is 0 Å². The fourth-order valence-electron chi connectivity index (χ4n) is 0.290. The van der Waals surface area contributed by atoms with Crippen molar-refractivity contribution in [1.29, 1.82) is 0 Å². The maximum absolute atomic E-state index is 11.7. The van der Waals surface area contributed by atoms with Crippen molar-refractivity contribution < 1.29 is 4.48 Å². The van der Waals surface area contributed by atoms with Gasteiger partial charge < -0.3 is 0 Å². The Labute approximate surface area is 41.1 Å². The molecule has 0 aromatic rings. The van der Waals surface area contributed by atoms with Crippen LogP contribution < -0.4 is 0 Å². The highest BCUT2D eigenvalue weighted by atomic mass is 19.2. The highest BCUT2D eigenvalue weighted by molar-refractivity contribution is 5.17. The van der Waals surface area contributed by atoms with Crippen LogP contribution in [0.15, 0.2) is 0 Å². The van der Waals surface area contributed by atoms with Gasteiger partial charge in [0.15, 0.2) is 0 Å². The number of rotatable bonds is 0. The first-order valence-electron chi connectivity index (χ1n) is 1.82. The van der Waals surface area contributed by atoms with Crippen LogP contribution in [0.4, 0.5) is 4.48 Å². The minimum absolute atomic E-state index is 0.170. The standard InChI is InChI=1S/C5H2FN/c6-7-4-2-1-3-5-7/h1H2. The Hall–Kier alpha value is -1.15. The summed E-state index contributed by atoms with van der Waals surface area (Å²) in [5.74, 6) is 4.92. The molecule has 1 nitrogen and oxygen atoms in total. The van der Waals surface area contributed by atoms with E-state index in [1.165, 1.54) is 0 Å². The number of hydrogen-bond acceptors (Lipinski definition) is 1. The lowest BCUT2D eigenvalue weighted by atomic mass is 10.4. The third kappa shape index (κ3) is 0.840. The van der Waals surface area contributed by atoms with Crippen LogP contribution in [0.1, 0.15) is 6.42 Å². The summed E-state index contributed by atoms with van der Waals surface area (Å²) in [7, 11) is 0. The maximum atomic E-state index is 11.7. The summed E-state index contributed by atoms with van der Waals surface area (Å²) in [6.45, 7) is 0. The van der Waals surface area contributed by atoms with Crippen LogP contribution in [0, 0.1) is 23.9 Å². The van der Waals surface area contributed by atoms with Crippen molar-refractivity contribution in [3.05, 3.63) is 0 Å². The molecular formula is C5H2FN. The molecule has 0 amide bonds. The molecule has 0 spiro atoms. The smallest absolute Gasteiger partial charge is 0.0741 e. The van der Waals surface area contributed by atoms with Crippen LogP contribution in [0.2, 0.25) is 0 Å². The molecule has 0 N–H and O–H groups in total. The highest BCUT2D eigenvalue weighted by Gasteiger charge is 1.87. The van der Waals surface area contributed by atoms with Gasteiger partial charge in [0.2, 0.25) is 0 Å². The van der Waals surface area contributed by atoms with Gasteiger partial charge in [0, 0.05) is 0 Å². The first kappa shape index (κ1) is 4.02. The van der Waals surface area contributed by atoms with Crippen molar-refractivity contribution in [1.82, 2.24) is 5.12 Å². The summed E-state index contributed by atoms with van der Waals surface area (Å²) in [6.07, 6.45) is 0.487. The van der Waals surface area contributed by atoms with Crippen molar-refractivity contribution in [3.63, 3.8) is 0 Å². The number of halogens is 1. The molecule has 7 heavy (non-hydrogen) atoms. The highest BCUT2D eigenvalue weighted by Crippen LogP contribution is 1.86. The summed E-state index contributed by atoms with van der Waals surface area (Å²) in [4.78, 5) is 0. The van der Waals surface area contributed by atoms with Gasteiger partial charge in [-0.1, -0.05) is 21.4 Å². The van der Waals surface area contributed by atoms with Crippen molar-refractivity contribution in [3.8, 4) is 23.9 Å². The van der Waals surface area contributed by atoms with Crippen LogP contribution in [0.25, 0.3) is 0 Å². The van der Waals surface area contributed by atoms with Crippen LogP contribution in [0.5, 0.6) is 0 Å². The minimum atomic E-state index is 0.170. The van der Waals surface area contributed by atoms with E-state index in [4.69, 9.17) is 0 Å². The number of nitrogens with zero attached hydrogens (tertiary/aromatic N) is 1. The van der Waals surface area contributed by atoms with Crippen LogP contribution in [-0.2, 0) is 0 Å². The monoisotopic (exact) mass is 95.0 g/mol. The molecule has 0 saturated carbocycles. The lowest BCUT2D eigenvalue weighted by Crippen LogP contribution is -1.96. The zero-order chi connectivity index (χ0) is 5.11. The quantitative estimate of drug-likeness (QED) is 0.313. The average molecular weight is 95.1 g/mol. The second-order valence-corrected chi connectivity index (χ2v) is 1.03. The lowest BCUT2D eigenvalue weighted by Gasteiger charge is -1.91. The van der Waals surface area contributed by atoms with E-state index in [1.807, 2.05) is 0 Å². The van der Waals surface area contributed by atoms with Crippen LogP contribution in [0.3, 0.4) is 0 Å². The lowest BCUT2D eigenvalue weighted by molar-refractivity contribution is 0.191. The maximum Gasteiger partial charge on any atom is 0.0741 e. The van der Waals surface area contributed by atoms with E-state index in [0.29, 0.717) is 6.42 Å². The largest absolute Gasteiger partial charge is 0.0905 e. The Balaban J connectivity index is 2.64. The third-order valence-electron chi connectivity index (χ3n) is 0.531. The molecule has 0 bridgehead atoms. The molecule has 1 aliphatic rings. The normalized spacial score (nSPS) is 13.6. The fourth-order valence-corrected chi connectivity index (χ4v) is 0.290. The van der Waals surface area contributed by atoms with Gasteiger partial charge in [-0.2, -0.15) is 0 Å². The van der Waals surface area contributed by atoms with Crippen molar-refractivity contribution >= 4 is 0 Å². The third-order valence-corrected chi connectivity index (χ3v) is 0.531. The predicted molar refractivity (Wildman–Crippen MR) is 23.1 cm³/mol. The van der Waals surface area contributed by atoms with Crippen molar-refractivity contribution in [2.45, 2.75) is 6.42 Å². The Kier molecular flexibility index (Phi) is 0.880. The number of hydrogen-bond donors (Lipinski definition) is 0. The van der Waals surface area contributed by atoms with Gasteiger partial charge in [0.1, 0.15) is 0 Å². The van der Waals surface area contributed by atoms with Gasteiger partial charge in [-0.05, 0) is 0 Å². The Bertz CT molecular complexity index is 156. The second-order valence-electron chi connectivity index (χ2n) is 1.03. The first-order chi connectivity index (χ1) is 3.39. The van der Waals surface area contributed by atoms with E-state index in [1.54, 1.807) is 0 Å². The molecular weight excluding hydrogens is 93.1 g/mol. The predicted octanol–water partition coefficient (Wildman–Crippen LogP) is 0.498. The van der Waals surface area contributed by atoms with Gasteiger partial charge in [-0.3, -0.25) is 0 Å². The van der Waals surface area contributed by atoms with E-state index < -0.39 is 0 Å². The summed E-state index contributed by atoms with van der Waals surface area (Å²) in [5.41, 5.74) is 0. The molecule has 0 unspecified atom stereocenters. The summed E-state index contributed by atoms with van der Waals surface area (Å²) in [6, 6.07) is 4.25. The molecule has 0 aromatic carbocycles.